The number of hydrogen-bond donors (Lipinski definition) is 2. The summed E-state index contributed by atoms with van der Waals surface area (Å²) in [5.41, 5.74) is 2.08. The number of carbonyl (C=O) groups excluding carboxylic acids is 3. The van der Waals surface area contributed by atoms with Crippen LogP contribution in [0.15, 0.2) is 24.3 Å². The molecule has 3 rings (SSSR count). The highest BCUT2D eigenvalue weighted by molar-refractivity contribution is 7.98. The first-order valence-corrected chi connectivity index (χ1v) is 10.5. The Balaban J connectivity index is 1.58. The smallest absolute Gasteiger partial charge is 0.327 e. The van der Waals surface area contributed by atoms with Gasteiger partial charge in [-0.25, -0.2) is 9.59 Å². The van der Waals surface area contributed by atoms with Gasteiger partial charge >= 0.3 is 12.0 Å². The molecule has 0 aromatic heterocycles. The maximum absolute atomic E-state index is 12.7. The third-order valence-electron chi connectivity index (χ3n) is 5.08. The highest BCUT2D eigenvalue weighted by Crippen LogP contribution is 2.29. The zero-order valence-electron chi connectivity index (χ0n) is 15.6. The fourth-order valence-corrected chi connectivity index (χ4v) is 4.02. The molecule has 0 spiro atoms. The number of amides is 4. The van der Waals surface area contributed by atoms with Gasteiger partial charge in [0.15, 0.2) is 0 Å². The summed E-state index contributed by atoms with van der Waals surface area (Å²) in [4.78, 5) is 51.3. The average Bonchev–Trinajstić information content (AvgIpc) is 2.91. The second-order valence-corrected chi connectivity index (χ2v) is 7.86. The van der Waals surface area contributed by atoms with Crippen LogP contribution in [0.25, 0.3) is 0 Å². The molecule has 0 bridgehead atoms. The van der Waals surface area contributed by atoms with Crippen molar-refractivity contribution in [1.29, 1.82) is 0 Å². The van der Waals surface area contributed by atoms with Crippen LogP contribution in [0.4, 0.5) is 4.79 Å². The van der Waals surface area contributed by atoms with Gasteiger partial charge < -0.3 is 15.3 Å². The summed E-state index contributed by atoms with van der Waals surface area (Å²) >= 11 is 1.50. The fraction of sp³-hybridized carbons (Fsp3) is 0.474. The lowest BCUT2D eigenvalue weighted by Gasteiger charge is -2.28. The molecule has 150 valence electrons. The van der Waals surface area contributed by atoms with Crippen molar-refractivity contribution in [3.63, 3.8) is 0 Å². The summed E-state index contributed by atoms with van der Waals surface area (Å²) in [7, 11) is 0. The molecule has 1 aromatic rings. The molecule has 2 heterocycles. The molecule has 8 nitrogen and oxygen atoms in total. The molecule has 0 aliphatic carbocycles. The average molecular weight is 405 g/mol. The first-order valence-electron chi connectivity index (χ1n) is 9.12. The molecule has 0 radical (unpaired) electrons. The molecule has 4 amide bonds. The van der Waals surface area contributed by atoms with Crippen LogP contribution in [0.3, 0.4) is 0 Å². The number of carbonyl (C=O) groups is 4. The Morgan fingerprint density at radius 1 is 1.29 bits per heavy atom. The number of carboxylic acid groups (broad SMARTS) is 1. The van der Waals surface area contributed by atoms with Gasteiger partial charge in [0.1, 0.15) is 12.1 Å². The van der Waals surface area contributed by atoms with Gasteiger partial charge in [-0.1, -0.05) is 24.3 Å². The number of rotatable bonds is 8. The monoisotopic (exact) mass is 405 g/mol. The maximum atomic E-state index is 12.7. The molecule has 2 atom stereocenters. The summed E-state index contributed by atoms with van der Waals surface area (Å²) < 4.78 is 0. The van der Waals surface area contributed by atoms with Gasteiger partial charge in [0, 0.05) is 25.9 Å². The molecular weight excluding hydrogens is 382 g/mol. The quantitative estimate of drug-likeness (QED) is 0.627. The molecule has 2 aliphatic heterocycles. The van der Waals surface area contributed by atoms with Crippen molar-refractivity contribution in [3.8, 4) is 0 Å². The first-order chi connectivity index (χ1) is 13.4. The summed E-state index contributed by atoms with van der Waals surface area (Å²) in [6, 6.07) is 5.83. The van der Waals surface area contributed by atoms with Crippen molar-refractivity contribution in [2.45, 2.75) is 37.9 Å². The molecule has 1 aromatic carbocycles. The van der Waals surface area contributed by atoms with E-state index in [9.17, 15) is 24.3 Å². The summed E-state index contributed by atoms with van der Waals surface area (Å²) in [6.07, 6.45) is 2.53. The third-order valence-corrected chi connectivity index (χ3v) is 5.73. The molecular formula is C19H23N3O5S. The Morgan fingerprint density at radius 3 is 2.68 bits per heavy atom. The largest absolute Gasteiger partial charge is 0.480 e. The zero-order chi connectivity index (χ0) is 20.3. The van der Waals surface area contributed by atoms with Crippen LogP contribution >= 0.6 is 11.8 Å². The number of urea groups is 1. The molecule has 9 heteroatoms. The highest BCUT2D eigenvalue weighted by atomic mass is 32.2. The SMILES string of the molecule is CSCCC(NC(=O)CCN1C(=O)C2Cc3ccccc3CN2C1=O)C(=O)O. The van der Waals surface area contributed by atoms with E-state index in [-0.39, 0.29) is 18.9 Å². The number of carboxylic acids is 1. The van der Waals surface area contributed by atoms with Crippen LogP contribution in [0.1, 0.15) is 24.0 Å². The Labute approximate surface area is 167 Å². The minimum atomic E-state index is -1.09. The molecule has 1 fully saturated rings. The number of aliphatic carboxylic acids is 1. The predicted molar refractivity (Wildman–Crippen MR) is 104 cm³/mol. The van der Waals surface area contributed by atoms with Crippen LogP contribution in [-0.2, 0) is 27.3 Å². The summed E-state index contributed by atoms with van der Waals surface area (Å²) in [5.74, 6) is -1.27. The van der Waals surface area contributed by atoms with Gasteiger partial charge in [0.05, 0.1) is 0 Å². The van der Waals surface area contributed by atoms with Crippen LogP contribution in [-0.4, -0.2) is 69.4 Å². The standard InChI is InChI=1S/C19H23N3O5S/c1-28-9-7-14(18(25)26)20-16(23)6-8-21-17(24)15-10-12-4-2-3-5-13(12)11-22(15)19(21)27/h2-5,14-15H,6-11H2,1H3,(H,20,23)(H,25,26). The van der Waals surface area contributed by atoms with Crippen LogP contribution < -0.4 is 5.32 Å². The van der Waals surface area contributed by atoms with Crippen molar-refractivity contribution in [2.75, 3.05) is 18.6 Å². The number of nitrogens with one attached hydrogen (secondary N) is 1. The van der Waals surface area contributed by atoms with Gasteiger partial charge in [-0.3, -0.25) is 14.5 Å². The van der Waals surface area contributed by atoms with E-state index in [2.05, 4.69) is 5.32 Å². The van der Waals surface area contributed by atoms with Crippen molar-refractivity contribution in [2.24, 2.45) is 0 Å². The van der Waals surface area contributed by atoms with E-state index in [0.717, 1.165) is 16.0 Å². The number of fused-ring (bicyclic) bond motifs is 2. The van der Waals surface area contributed by atoms with E-state index < -0.39 is 30.0 Å². The number of imide groups is 1. The van der Waals surface area contributed by atoms with Gasteiger partial charge in [-0.2, -0.15) is 11.8 Å². The Kier molecular flexibility index (Phi) is 6.23. The number of nitrogens with zero attached hydrogens (tertiary/aromatic N) is 2. The minimum absolute atomic E-state index is 0.0539. The van der Waals surface area contributed by atoms with Gasteiger partial charge in [0.25, 0.3) is 5.91 Å². The maximum Gasteiger partial charge on any atom is 0.327 e. The minimum Gasteiger partial charge on any atom is -0.480 e. The lowest BCUT2D eigenvalue weighted by Crippen LogP contribution is -2.43. The highest BCUT2D eigenvalue weighted by Gasteiger charge is 2.46. The van der Waals surface area contributed by atoms with Crippen LogP contribution in [0.5, 0.6) is 0 Å². The number of thioether (sulfide) groups is 1. The van der Waals surface area contributed by atoms with E-state index in [0.29, 0.717) is 25.1 Å². The van der Waals surface area contributed by atoms with Crippen molar-refractivity contribution in [3.05, 3.63) is 35.4 Å². The van der Waals surface area contributed by atoms with E-state index in [1.807, 2.05) is 30.5 Å². The Hall–Kier alpha value is -2.55. The fourth-order valence-electron chi connectivity index (χ4n) is 3.55. The van der Waals surface area contributed by atoms with E-state index in [1.165, 1.54) is 11.8 Å². The van der Waals surface area contributed by atoms with Crippen molar-refractivity contribution in [1.82, 2.24) is 15.1 Å². The van der Waals surface area contributed by atoms with Crippen LogP contribution in [0.2, 0.25) is 0 Å². The summed E-state index contributed by atoms with van der Waals surface area (Å²) in [5, 5.41) is 11.7. The van der Waals surface area contributed by atoms with E-state index >= 15 is 0 Å². The molecule has 2 N–H and O–H groups in total. The Morgan fingerprint density at radius 2 is 2.00 bits per heavy atom. The molecule has 1 saturated heterocycles. The van der Waals surface area contributed by atoms with E-state index in [4.69, 9.17) is 0 Å². The first kappa shape index (κ1) is 20.2. The molecule has 2 unspecified atom stereocenters. The predicted octanol–water partition coefficient (Wildman–Crippen LogP) is 1.09. The second-order valence-electron chi connectivity index (χ2n) is 6.88. The number of benzene rings is 1. The summed E-state index contributed by atoms with van der Waals surface area (Å²) in [6.45, 7) is 0.325. The Bertz CT molecular complexity index is 757. The normalized spacial score (nSPS) is 19.2. The van der Waals surface area contributed by atoms with Gasteiger partial charge in [-0.15, -0.1) is 0 Å². The molecule has 0 saturated carbocycles. The number of hydrogen-bond acceptors (Lipinski definition) is 5. The molecule has 28 heavy (non-hydrogen) atoms. The van der Waals surface area contributed by atoms with Crippen LogP contribution in [0, 0.1) is 0 Å². The van der Waals surface area contributed by atoms with Gasteiger partial charge in [0.2, 0.25) is 5.91 Å². The van der Waals surface area contributed by atoms with Crippen molar-refractivity contribution >= 4 is 35.6 Å². The van der Waals surface area contributed by atoms with Gasteiger partial charge in [-0.05, 0) is 29.6 Å². The van der Waals surface area contributed by atoms with E-state index in [1.54, 1.807) is 4.90 Å². The topological polar surface area (TPSA) is 107 Å². The van der Waals surface area contributed by atoms with Crippen molar-refractivity contribution < 1.29 is 24.3 Å². The lowest BCUT2D eigenvalue weighted by molar-refractivity contribution is -0.142. The second kappa shape index (κ2) is 8.64. The zero-order valence-corrected chi connectivity index (χ0v) is 16.4. The third kappa shape index (κ3) is 4.14. The lowest BCUT2D eigenvalue weighted by atomic mass is 9.95. The molecule has 2 aliphatic rings.